The van der Waals surface area contributed by atoms with Crippen molar-refractivity contribution in [3.63, 3.8) is 0 Å². The summed E-state index contributed by atoms with van der Waals surface area (Å²) >= 11 is 5.35. The topological polar surface area (TPSA) is 65.0 Å². The van der Waals surface area contributed by atoms with E-state index < -0.39 is 17.5 Å². The van der Waals surface area contributed by atoms with Crippen LogP contribution in [0.4, 0.5) is 0 Å². The fraction of sp³-hybridized carbons (Fsp3) is 0.250. The molecule has 1 aromatic carbocycles. The van der Waals surface area contributed by atoms with Gasteiger partial charge >= 0.3 is 5.97 Å². The first-order valence-electron chi connectivity index (χ1n) is 5.10. The molecule has 5 nitrogen and oxygen atoms in total. The Hall–Kier alpha value is -1.88. The summed E-state index contributed by atoms with van der Waals surface area (Å²) in [5, 5.41) is 3.47. The van der Waals surface area contributed by atoms with E-state index in [0.29, 0.717) is 0 Å². The van der Waals surface area contributed by atoms with E-state index >= 15 is 0 Å². The number of ether oxygens (including phenoxy) is 1. The van der Waals surface area contributed by atoms with Crippen molar-refractivity contribution in [1.82, 2.24) is 0 Å². The zero-order chi connectivity index (χ0) is 13.4. The number of oxime groups is 1. The van der Waals surface area contributed by atoms with Crippen LogP contribution < -0.4 is 0 Å². The van der Waals surface area contributed by atoms with Crippen LogP contribution in [0.3, 0.4) is 0 Å². The third-order valence-electron chi connectivity index (χ3n) is 1.99. The van der Waals surface area contributed by atoms with Gasteiger partial charge in [-0.1, -0.05) is 35.5 Å². The van der Waals surface area contributed by atoms with Crippen LogP contribution in [-0.2, 0) is 25.8 Å². The molecule has 18 heavy (non-hydrogen) atoms. The highest BCUT2D eigenvalue weighted by Gasteiger charge is 2.21. The molecule has 0 atom stereocenters. The zero-order valence-corrected chi connectivity index (χ0v) is 10.5. The molecule has 0 bridgehead atoms. The normalized spacial score (nSPS) is 10.9. The third-order valence-corrected chi connectivity index (χ3v) is 2.24. The standard InChI is InChI=1S/C12H12ClNO4/c1-17-12(16)11(10(15)7-13)14-18-8-9-5-3-2-4-6-9/h2-6H,7-8H2,1H3. The minimum absolute atomic E-state index is 0.150. The van der Waals surface area contributed by atoms with Gasteiger partial charge in [0.1, 0.15) is 6.61 Å². The second-order valence-electron chi connectivity index (χ2n) is 3.25. The number of esters is 1. The molecule has 0 saturated heterocycles. The summed E-state index contributed by atoms with van der Waals surface area (Å²) in [6.07, 6.45) is 0. The monoisotopic (exact) mass is 269 g/mol. The second kappa shape index (κ2) is 7.45. The number of benzene rings is 1. The van der Waals surface area contributed by atoms with Crippen molar-refractivity contribution in [2.75, 3.05) is 13.0 Å². The third kappa shape index (κ3) is 4.18. The highest BCUT2D eigenvalue weighted by Crippen LogP contribution is 2.01. The highest BCUT2D eigenvalue weighted by atomic mass is 35.5. The van der Waals surface area contributed by atoms with Gasteiger partial charge in [0.2, 0.25) is 11.5 Å². The van der Waals surface area contributed by atoms with Crippen LogP contribution in [0.5, 0.6) is 0 Å². The first-order valence-corrected chi connectivity index (χ1v) is 5.64. The number of hydrogen-bond acceptors (Lipinski definition) is 5. The van der Waals surface area contributed by atoms with Gasteiger partial charge in [0, 0.05) is 0 Å². The number of methoxy groups -OCH3 is 1. The number of nitrogens with zero attached hydrogens (tertiary/aromatic N) is 1. The first kappa shape index (κ1) is 14.2. The highest BCUT2D eigenvalue weighted by molar-refractivity contribution is 6.67. The molecule has 0 aliphatic carbocycles. The number of halogens is 1. The Labute approximate surface area is 109 Å². The molecule has 0 spiro atoms. The lowest BCUT2D eigenvalue weighted by molar-refractivity contribution is -0.133. The van der Waals surface area contributed by atoms with Gasteiger partial charge in [-0.05, 0) is 5.56 Å². The van der Waals surface area contributed by atoms with E-state index in [1.54, 1.807) is 0 Å². The van der Waals surface area contributed by atoms with Crippen LogP contribution in [0, 0.1) is 0 Å². The van der Waals surface area contributed by atoms with Gasteiger partial charge in [-0.2, -0.15) is 0 Å². The fourth-order valence-electron chi connectivity index (χ4n) is 1.11. The molecule has 96 valence electrons. The van der Waals surface area contributed by atoms with Crippen LogP contribution >= 0.6 is 11.6 Å². The molecule has 0 aliphatic rings. The molecule has 0 aliphatic heterocycles. The Morgan fingerprint density at radius 3 is 2.50 bits per heavy atom. The number of ketones is 1. The maximum atomic E-state index is 11.3. The lowest BCUT2D eigenvalue weighted by Crippen LogP contribution is -2.26. The molecule has 0 heterocycles. The molecule has 0 unspecified atom stereocenters. The number of Topliss-reactive ketones (excluding diaryl/α,β-unsaturated/α-hetero) is 1. The number of carbonyl (C=O) groups is 2. The Bertz CT molecular complexity index is 427. The molecular formula is C12H12ClNO4. The molecule has 0 N–H and O–H groups in total. The summed E-state index contributed by atoms with van der Waals surface area (Å²) in [5.41, 5.74) is 0.423. The van der Waals surface area contributed by atoms with Gasteiger partial charge in [-0.15, -0.1) is 11.6 Å². The Morgan fingerprint density at radius 1 is 1.28 bits per heavy atom. The summed E-state index contributed by atoms with van der Waals surface area (Å²) in [5.74, 6) is -1.87. The number of rotatable bonds is 6. The Morgan fingerprint density at radius 2 is 1.94 bits per heavy atom. The van der Waals surface area contributed by atoms with E-state index in [-0.39, 0.29) is 12.5 Å². The van der Waals surface area contributed by atoms with Crippen molar-refractivity contribution in [2.45, 2.75) is 6.61 Å². The van der Waals surface area contributed by atoms with Gasteiger partial charge in [0.05, 0.1) is 13.0 Å². The van der Waals surface area contributed by atoms with Crippen molar-refractivity contribution in [1.29, 1.82) is 0 Å². The minimum Gasteiger partial charge on any atom is -0.464 e. The predicted molar refractivity (Wildman–Crippen MR) is 66.4 cm³/mol. The van der Waals surface area contributed by atoms with Crippen molar-refractivity contribution in [2.24, 2.45) is 5.16 Å². The molecule has 0 saturated carbocycles. The van der Waals surface area contributed by atoms with E-state index in [2.05, 4.69) is 9.89 Å². The number of alkyl halides is 1. The SMILES string of the molecule is COC(=O)C(=NOCc1ccccc1)C(=O)CCl. The summed E-state index contributed by atoms with van der Waals surface area (Å²) in [6, 6.07) is 9.21. The average Bonchev–Trinajstić information content (AvgIpc) is 2.43. The van der Waals surface area contributed by atoms with Crippen LogP contribution in [0.15, 0.2) is 35.5 Å². The molecular weight excluding hydrogens is 258 g/mol. The zero-order valence-electron chi connectivity index (χ0n) is 9.76. The van der Waals surface area contributed by atoms with E-state index in [4.69, 9.17) is 16.4 Å². The Kier molecular flexibility index (Phi) is 5.87. The predicted octanol–water partition coefficient (Wildman–Crippen LogP) is 1.54. The van der Waals surface area contributed by atoms with Crippen LogP contribution in [0.25, 0.3) is 0 Å². The van der Waals surface area contributed by atoms with E-state index in [9.17, 15) is 9.59 Å². The van der Waals surface area contributed by atoms with Gasteiger partial charge in [-0.25, -0.2) is 4.79 Å². The lowest BCUT2D eigenvalue weighted by atomic mass is 10.2. The first-order chi connectivity index (χ1) is 8.69. The van der Waals surface area contributed by atoms with Crippen LogP contribution in [0.1, 0.15) is 5.56 Å². The summed E-state index contributed by atoms with van der Waals surface area (Å²) < 4.78 is 4.41. The number of hydrogen-bond donors (Lipinski definition) is 0. The largest absolute Gasteiger partial charge is 0.464 e. The van der Waals surface area contributed by atoms with E-state index in [0.717, 1.165) is 12.7 Å². The van der Waals surface area contributed by atoms with Gasteiger partial charge in [-0.3, -0.25) is 4.79 Å². The number of carbonyl (C=O) groups excluding carboxylic acids is 2. The molecule has 0 radical (unpaired) electrons. The summed E-state index contributed by atoms with van der Waals surface area (Å²) in [7, 11) is 1.15. The average molecular weight is 270 g/mol. The lowest BCUT2D eigenvalue weighted by Gasteiger charge is -2.02. The van der Waals surface area contributed by atoms with Crippen LogP contribution in [0.2, 0.25) is 0 Å². The molecule has 1 rings (SSSR count). The maximum Gasteiger partial charge on any atom is 0.363 e. The van der Waals surface area contributed by atoms with Gasteiger partial charge < -0.3 is 9.57 Å². The minimum atomic E-state index is -0.867. The molecule has 0 fully saturated rings. The summed E-state index contributed by atoms with van der Waals surface area (Å²) in [6.45, 7) is 0.150. The van der Waals surface area contributed by atoms with Crippen LogP contribution in [-0.4, -0.2) is 30.5 Å². The maximum absolute atomic E-state index is 11.3. The van der Waals surface area contributed by atoms with Crippen molar-refractivity contribution in [3.05, 3.63) is 35.9 Å². The fourth-order valence-corrected chi connectivity index (χ4v) is 1.23. The molecule has 0 aromatic heterocycles. The molecule has 6 heteroatoms. The molecule has 1 aromatic rings. The summed E-state index contributed by atoms with van der Waals surface area (Å²) in [4.78, 5) is 27.5. The van der Waals surface area contributed by atoms with Gasteiger partial charge in [0.15, 0.2) is 0 Å². The Balaban J connectivity index is 2.66. The van der Waals surface area contributed by atoms with Crippen molar-refractivity contribution in [3.8, 4) is 0 Å². The van der Waals surface area contributed by atoms with Crippen molar-refractivity contribution >= 4 is 29.1 Å². The van der Waals surface area contributed by atoms with E-state index in [1.165, 1.54) is 0 Å². The van der Waals surface area contributed by atoms with Crippen molar-refractivity contribution < 1.29 is 19.2 Å². The van der Waals surface area contributed by atoms with Gasteiger partial charge in [0.25, 0.3) is 0 Å². The second-order valence-corrected chi connectivity index (χ2v) is 3.51. The van der Waals surface area contributed by atoms with E-state index in [1.807, 2.05) is 30.3 Å². The quantitative estimate of drug-likeness (QED) is 0.258. The molecule has 0 amide bonds. The smallest absolute Gasteiger partial charge is 0.363 e.